The van der Waals surface area contributed by atoms with Crippen molar-refractivity contribution in [3.8, 4) is 11.5 Å². The van der Waals surface area contributed by atoms with Crippen LogP contribution in [0.5, 0.6) is 0 Å². The largest absolute Gasteiger partial charge is 0.423 e. The highest BCUT2D eigenvalue weighted by molar-refractivity contribution is 5.99. The van der Waals surface area contributed by atoms with Crippen molar-refractivity contribution in [2.75, 3.05) is 18.5 Å². The van der Waals surface area contributed by atoms with Crippen LogP contribution in [0.3, 0.4) is 0 Å². The third-order valence-electron chi connectivity index (χ3n) is 4.83. The molecule has 0 saturated carbocycles. The van der Waals surface area contributed by atoms with Crippen molar-refractivity contribution in [2.45, 2.75) is 18.3 Å². The maximum atomic E-state index is 13.3. The normalized spacial score (nSPS) is 16.2. The minimum absolute atomic E-state index is 0.0188. The Hall–Kier alpha value is -2.99. The molecular weight excluding hydrogens is 330 g/mol. The second-order valence-electron chi connectivity index (χ2n) is 6.34. The monoisotopic (exact) mass is 349 g/mol. The van der Waals surface area contributed by atoms with Gasteiger partial charge in [-0.25, -0.2) is 0 Å². The molecule has 26 heavy (non-hydrogen) atoms. The molecule has 2 heterocycles. The van der Waals surface area contributed by atoms with E-state index < -0.39 is 5.41 Å². The molecule has 1 fully saturated rings. The second-order valence-corrected chi connectivity index (χ2v) is 6.34. The van der Waals surface area contributed by atoms with Crippen LogP contribution in [0.4, 0.5) is 5.69 Å². The maximum absolute atomic E-state index is 13.3. The molecule has 1 saturated heterocycles. The first-order valence-electron chi connectivity index (χ1n) is 8.59. The van der Waals surface area contributed by atoms with Gasteiger partial charge in [-0.15, -0.1) is 10.2 Å². The lowest BCUT2D eigenvalue weighted by Gasteiger charge is -2.36. The summed E-state index contributed by atoms with van der Waals surface area (Å²) in [5, 5.41) is 10.7. The quantitative estimate of drug-likeness (QED) is 0.781. The molecule has 6 nitrogen and oxygen atoms in total. The maximum Gasteiger partial charge on any atom is 0.247 e. The first-order chi connectivity index (χ1) is 12.8. The molecule has 0 unspecified atom stereocenters. The molecule has 4 rings (SSSR count). The molecule has 1 aliphatic heterocycles. The number of rotatable bonds is 4. The van der Waals surface area contributed by atoms with E-state index in [2.05, 4.69) is 15.5 Å². The highest BCUT2D eigenvalue weighted by Crippen LogP contribution is 2.36. The Kier molecular flexibility index (Phi) is 4.50. The SMILES string of the molecule is O=C(Nc1cccc(-c2nnco2)c1)C1(c2ccccc2)CCOCC1. The lowest BCUT2D eigenvalue weighted by atomic mass is 9.73. The molecule has 1 amide bonds. The first kappa shape index (κ1) is 16.5. The number of hydrogen-bond acceptors (Lipinski definition) is 5. The summed E-state index contributed by atoms with van der Waals surface area (Å²) in [5.41, 5.74) is 1.90. The van der Waals surface area contributed by atoms with Crippen LogP contribution in [-0.4, -0.2) is 29.3 Å². The summed E-state index contributed by atoms with van der Waals surface area (Å²) < 4.78 is 10.7. The predicted octanol–water partition coefficient (Wildman–Crippen LogP) is 3.42. The molecule has 0 atom stereocenters. The zero-order chi connectivity index (χ0) is 17.8. The Bertz CT molecular complexity index is 872. The van der Waals surface area contributed by atoms with Gasteiger partial charge >= 0.3 is 0 Å². The number of nitrogens with zero attached hydrogens (tertiary/aromatic N) is 2. The van der Waals surface area contributed by atoms with Crippen LogP contribution in [0.1, 0.15) is 18.4 Å². The lowest BCUT2D eigenvalue weighted by molar-refractivity contribution is -0.125. The number of anilines is 1. The fourth-order valence-corrected chi connectivity index (χ4v) is 3.40. The van der Waals surface area contributed by atoms with E-state index in [1.165, 1.54) is 6.39 Å². The van der Waals surface area contributed by atoms with Crippen LogP contribution in [0.25, 0.3) is 11.5 Å². The van der Waals surface area contributed by atoms with Gasteiger partial charge in [-0.2, -0.15) is 0 Å². The van der Waals surface area contributed by atoms with Gasteiger partial charge in [0.15, 0.2) is 0 Å². The Morgan fingerprint density at radius 3 is 2.58 bits per heavy atom. The summed E-state index contributed by atoms with van der Waals surface area (Å²) in [7, 11) is 0. The van der Waals surface area contributed by atoms with E-state index in [1.54, 1.807) is 0 Å². The van der Waals surface area contributed by atoms with Crippen molar-refractivity contribution >= 4 is 11.6 Å². The van der Waals surface area contributed by atoms with E-state index in [4.69, 9.17) is 9.15 Å². The molecule has 1 aliphatic rings. The predicted molar refractivity (Wildman–Crippen MR) is 96.5 cm³/mol. The molecule has 0 radical (unpaired) electrons. The lowest BCUT2D eigenvalue weighted by Crippen LogP contribution is -2.44. The van der Waals surface area contributed by atoms with Crippen molar-refractivity contribution in [3.63, 3.8) is 0 Å². The third-order valence-corrected chi connectivity index (χ3v) is 4.83. The minimum Gasteiger partial charge on any atom is -0.423 e. The van der Waals surface area contributed by atoms with Crippen LogP contribution in [-0.2, 0) is 14.9 Å². The van der Waals surface area contributed by atoms with E-state index >= 15 is 0 Å². The Morgan fingerprint density at radius 1 is 1.04 bits per heavy atom. The van der Waals surface area contributed by atoms with E-state index in [0.717, 1.165) is 11.1 Å². The summed E-state index contributed by atoms with van der Waals surface area (Å²) in [6.45, 7) is 1.15. The summed E-state index contributed by atoms with van der Waals surface area (Å²) >= 11 is 0. The van der Waals surface area contributed by atoms with Crippen LogP contribution in [0, 0.1) is 0 Å². The topological polar surface area (TPSA) is 77.3 Å². The fourth-order valence-electron chi connectivity index (χ4n) is 3.40. The second kappa shape index (κ2) is 7.09. The molecule has 0 aliphatic carbocycles. The molecular formula is C20H19N3O3. The number of carbonyl (C=O) groups is 1. The Balaban J connectivity index is 1.62. The van der Waals surface area contributed by atoms with Gasteiger partial charge in [0.1, 0.15) is 0 Å². The minimum atomic E-state index is -0.583. The summed E-state index contributed by atoms with van der Waals surface area (Å²) in [4.78, 5) is 13.3. The van der Waals surface area contributed by atoms with E-state index in [9.17, 15) is 4.79 Å². The van der Waals surface area contributed by atoms with Crippen LogP contribution in [0.2, 0.25) is 0 Å². The van der Waals surface area contributed by atoms with Gasteiger partial charge in [-0.05, 0) is 36.6 Å². The number of nitrogens with one attached hydrogen (secondary N) is 1. The average molecular weight is 349 g/mol. The highest BCUT2D eigenvalue weighted by atomic mass is 16.5. The number of carbonyl (C=O) groups excluding carboxylic acids is 1. The van der Waals surface area contributed by atoms with Crippen LogP contribution in [0.15, 0.2) is 65.4 Å². The van der Waals surface area contributed by atoms with Crippen molar-refractivity contribution < 1.29 is 13.9 Å². The number of hydrogen-bond donors (Lipinski definition) is 1. The van der Waals surface area contributed by atoms with Gasteiger partial charge in [-0.1, -0.05) is 36.4 Å². The Labute approximate surface area is 151 Å². The molecule has 6 heteroatoms. The molecule has 132 valence electrons. The van der Waals surface area contributed by atoms with Crippen molar-refractivity contribution in [1.82, 2.24) is 10.2 Å². The zero-order valence-electron chi connectivity index (χ0n) is 14.2. The molecule has 1 N–H and O–H groups in total. The standard InChI is InChI=1S/C20H19N3O3/c24-19(20(9-11-25-12-10-20)16-6-2-1-3-7-16)22-17-8-4-5-15(13-17)18-23-21-14-26-18/h1-8,13-14H,9-12H2,(H,22,24). The molecule has 2 aromatic carbocycles. The molecule has 0 spiro atoms. The van der Waals surface area contributed by atoms with Crippen molar-refractivity contribution in [2.24, 2.45) is 0 Å². The van der Waals surface area contributed by atoms with E-state index in [0.29, 0.717) is 37.6 Å². The number of benzene rings is 2. The molecule has 1 aromatic heterocycles. The summed E-state index contributed by atoms with van der Waals surface area (Å²) in [6.07, 6.45) is 2.60. The van der Waals surface area contributed by atoms with Gasteiger partial charge in [0.25, 0.3) is 0 Å². The fraction of sp³-hybridized carbons (Fsp3) is 0.250. The zero-order valence-corrected chi connectivity index (χ0v) is 14.2. The van der Waals surface area contributed by atoms with Gasteiger partial charge in [0.2, 0.25) is 18.2 Å². The smallest absolute Gasteiger partial charge is 0.247 e. The average Bonchev–Trinajstić information content (AvgIpc) is 3.24. The summed E-state index contributed by atoms with van der Waals surface area (Å²) in [5.74, 6) is 0.402. The number of aromatic nitrogens is 2. The summed E-state index contributed by atoms with van der Waals surface area (Å²) in [6, 6.07) is 17.3. The van der Waals surface area contributed by atoms with Crippen molar-refractivity contribution in [1.29, 1.82) is 0 Å². The van der Waals surface area contributed by atoms with Gasteiger partial charge in [0.05, 0.1) is 5.41 Å². The van der Waals surface area contributed by atoms with Crippen LogP contribution < -0.4 is 5.32 Å². The van der Waals surface area contributed by atoms with Gasteiger partial charge < -0.3 is 14.5 Å². The first-order valence-corrected chi connectivity index (χ1v) is 8.59. The third kappa shape index (κ3) is 3.11. The van der Waals surface area contributed by atoms with E-state index in [-0.39, 0.29) is 5.91 Å². The number of ether oxygens (including phenoxy) is 1. The number of amides is 1. The van der Waals surface area contributed by atoms with Gasteiger partial charge in [-0.3, -0.25) is 4.79 Å². The Morgan fingerprint density at radius 2 is 1.85 bits per heavy atom. The molecule has 3 aromatic rings. The van der Waals surface area contributed by atoms with E-state index in [1.807, 2.05) is 54.6 Å². The molecule has 0 bridgehead atoms. The highest BCUT2D eigenvalue weighted by Gasteiger charge is 2.41. The van der Waals surface area contributed by atoms with Gasteiger partial charge in [0, 0.05) is 24.5 Å². The van der Waals surface area contributed by atoms with Crippen LogP contribution >= 0.6 is 0 Å². The van der Waals surface area contributed by atoms with Crippen molar-refractivity contribution in [3.05, 3.63) is 66.6 Å².